The third-order valence-electron chi connectivity index (χ3n) is 6.74. The van der Waals surface area contributed by atoms with Crippen molar-refractivity contribution in [3.8, 4) is 22.8 Å². The Morgan fingerprint density at radius 1 is 1.12 bits per heavy atom. The number of hydrogen-bond acceptors (Lipinski definition) is 7. The molecule has 1 heterocycles. The Kier molecular flexibility index (Phi) is 10.3. The van der Waals surface area contributed by atoms with Gasteiger partial charge in [0.25, 0.3) is 0 Å². The number of nitrogens with zero attached hydrogens (tertiary/aromatic N) is 1. The lowest BCUT2D eigenvalue weighted by Gasteiger charge is -2.30. The molecule has 9 heteroatoms. The predicted octanol–water partition coefficient (Wildman–Crippen LogP) is 6.02. The van der Waals surface area contributed by atoms with Crippen LogP contribution >= 0.6 is 11.6 Å². The summed E-state index contributed by atoms with van der Waals surface area (Å²) in [4.78, 5) is 17.8. The van der Waals surface area contributed by atoms with Gasteiger partial charge in [-0.05, 0) is 94.8 Å². The van der Waals surface area contributed by atoms with Gasteiger partial charge in [-0.2, -0.15) is 0 Å². The maximum absolute atomic E-state index is 13.8. The Morgan fingerprint density at radius 2 is 1.85 bits per heavy atom. The van der Waals surface area contributed by atoms with E-state index in [0.717, 1.165) is 12.1 Å². The number of carbonyl (C=O) groups is 1. The first-order chi connectivity index (χ1) is 18.8. The fourth-order valence-corrected chi connectivity index (χ4v) is 4.50. The van der Waals surface area contributed by atoms with Crippen molar-refractivity contribution >= 4 is 17.4 Å². The molecule has 0 saturated heterocycles. The van der Waals surface area contributed by atoms with Crippen LogP contribution in [0.25, 0.3) is 11.3 Å². The lowest BCUT2D eigenvalue weighted by atomic mass is 9.87. The van der Waals surface area contributed by atoms with Gasteiger partial charge in [0.2, 0.25) is 0 Å². The summed E-state index contributed by atoms with van der Waals surface area (Å²) in [5.74, 6) is 0.0837. The van der Waals surface area contributed by atoms with E-state index in [1.54, 1.807) is 38.1 Å². The second kappa shape index (κ2) is 13.1. The summed E-state index contributed by atoms with van der Waals surface area (Å²) < 4.78 is 24.8. The van der Waals surface area contributed by atoms with Gasteiger partial charge in [-0.3, -0.25) is 4.79 Å². The van der Waals surface area contributed by atoms with E-state index in [0.29, 0.717) is 34.0 Å². The van der Waals surface area contributed by atoms with Gasteiger partial charge in [0, 0.05) is 23.1 Å². The third kappa shape index (κ3) is 7.79. The number of ether oxygens (including phenoxy) is 2. The molecule has 216 valence electrons. The Morgan fingerprint density at radius 3 is 2.48 bits per heavy atom. The number of Topliss-reactive ketones (excluding diaryl/α,β-unsaturated/α-hetero) is 1. The highest BCUT2D eigenvalue weighted by atomic mass is 35.5. The summed E-state index contributed by atoms with van der Waals surface area (Å²) >= 11 is 6.05. The number of nitrogens with one attached hydrogen (secondary N) is 1. The number of benzene rings is 2. The molecule has 0 fully saturated rings. The molecule has 0 bridgehead atoms. The average molecular weight is 573 g/mol. The molecule has 2 aromatic carbocycles. The van der Waals surface area contributed by atoms with Gasteiger partial charge in [-0.15, -0.1) is 0 Å². The first-order valence-electron chi connectivity index (χ1n) is 13.3. The number of methoxy groups -OCH3 is 1. The molecule has 0 aliphatic carbocycles. The quantitative estimate of drug-likeness (QED) is 0.215. The van der Waals surface area contributed by atoms with Crippen LogP contribution in [0.1, 0.15) is 69.1 Å². The van der Waals surface area contributed by atoms with E-state index in [4.69, 9.17) is 26.1 Å². The van der Waals surface area contributed by atoms with E-state index in [1.807, 2.05) is 32.9 Å². The van der Waals surface area contributed by atoms with E-state index in [1.165, 1.54) is 19.2 Å². The molecule has 0 amide bonds. The van der Waals surface area contributed by atoms with Gasteiger partial charge in [0.1, 0.15) is 18.0 Å². The molecular weight excluding hydrogens is 535 g/mol. The molecule has 0 radical (unpaired) electrons. The van der Waals surface area contributed by atoms with Gasteiger partial charge in [-0.25, -0.2) is 9.37 Å². The summed E-state index contributed by atoms with van der Waals surface area (Å²) in [5, 5.41) is 24.4. The highest BCUT2D eigenvalue weighted by Gasteiger charge is 2.30. The van der Waals surface area contributed by atoms with Crippen LogP contribution in [0.2, 0.25) is 5.02 Å². The van der Waals surface area contributed by atoms with Crippen molar-refractivity contribution in [2.45, 2.75) is 64.7 Å². The van der Waals surface area contributed by atoms with Crippen molar-refractivity contribution in [3.05, 3.63) is 76.2 Å². The maximum atomic E-state index is 13.8. The summed E-state index contributed by atoms with van der Waals surface area (Å²) in [6.45, 7) is 10.1. The van der Waals surface area contributed by atoms with E-state index >= 15 is 0 Å². The van der Waals surface area contributed by atoms with E-state index in [9.17, 15) is 19.4 Å². The zero-order valence-corrected chi connectivity index (χ0v) is 24.6. The molecule has 3 aromatic rings. The summed E-state index contributed by atoms with van der Waals surface area (Å²) in [7, 11) is 1.48. The van der Waals surface area contributed by atoms with E-state index < -0.39 is 23.1 Å². The zero-order chi connectivity index (χ0) is 29.7. The Hall–Kier alpha value is -3.04. The van der Waals surface area contributed by atoms with Crippen molar-refractivity contribution in [2.24, 2.45) is 0 Å². The number of aromatic nitrogens is 1. The number of aliphatic hydroxyl groups is 2. The van der Waals surface area contributed by atoms with E-state index in [2.05, 4.69) is 5.32 Å². The van der Waals surface area contributed by atoms with E-state index in [-0.39, 0.29) is 30.3 Å². The molecule has 1 aromatic heterocycles. The van der Waals surface area contributed by atoms with Crippen molar-refractivity contribution < 1.29 is 28.9 Å². The normalized spacial score (nSPS) is 13.9. The van der Waals surface area contributed by atoms with Crippen LogP contribution in [0.3, 0.4) is 0 Å². The highest BCUT2D eigenvalue weighted by Crippen LogP contribution is 2.34. The second-order valence-corrected chi connectivity index (χ2v) is 11.0. The predicted molar refractivity (Wildman–Crippen MR) is 155 cm³/mol. The fraction of sp³-hybridized carbons (Fsp3) is 0.419. The smallest absolute Gasteiger partial charge is 0.163 e. The van der Waals surface area contributed by atoms with Crippen molar-refractivity contribution in [3.63, 3.8) is 0 Å². The van der Waals surface area contributed by atoms with Crippen molar-refractivity contribution in [1.82, 2.24) is 10.3 Å². The number of rotatable bonds is 13. The van der Waals surface area contributed by atoms with Crippen LogP contribution < -0.4 is 14.8 Å². The number of carbonyl (C=O) groups excluding carboxylic acids is 1. The topological polar surface area (TPSA) is 101 Å². The molecule has 1 unspecified atom stereocenters. The lowest BCUT2D eigenvalue weighted by molar-refractivity contribution is 0.0396. The van der Waals surface area contributed by atoms with Crippen LogP contribution in [-0.4, -0.2) is 47.3 Å². The number of halogens is 2. The minimum Gasteiger partial charge on any atom is -0.493 e. The Labute approximate surface area is 240 Å². The van der Waals surface area contributed by atoms with Crippen molar-refractivity contribution in [1.29, 1.82) is 0 Å². The molecule has 0 aliphatic rings. The maximum Gasteiger partial charge on any atom is 0.163 e. The SMILES string of the molecule is CCNC(C)(C)c1cc(-c2ccc(F)c(Cl)c2)nc(C(C)(O)CCC(=O)c2ccc(OC[C@H](C)O)c(OC)c2)c1. The number of pyridine rings is 1. The minimum absolute atomic E-state index is 0.0210. The first kappa shape index (κ1) is 31.5. The second-order valence-electron chi connectivity index (χ2n) is 10.6. The van der Waals surface area contributed by atoms with Gasteiger partial charge >= 0.3 is 0 Å². The Bertz CT molecular complexity index is 1340. The largest absolute Gasteiger partial charge is 0.493 e. The van der Waals surface area contributed by atoms with Crippen LogP contribution in [0.5, 0.6) is 11.5 Å². The highest BCUT2D eigenvalue weighted by molar-refractivity contribution is 6.31. The minimum atomic E-state index is -1.45. The molecule has 0 spiro atoms. The van der Waals surface area contributed by atoms with Gasteiger partial charge < -0.3 is 25.0 Å². The number of aliphatic hydroxyl groups excluding tert-OH is 1. The zero-order valence-electron chi connectivity index (χ0n) is 23.8. The first-order valence-corrected chi connectivity index (χ1v) is 13.6. The summed E-state index contributed by atoms with van der Waals surface area (Å²) in [6.07, 6.45) is -0.496. The Balaban J connectivity index is 1.90. The van der Waals surface area contributed by atoms with Gasteiger partial charge in [0.05, 0.1) is 29.6 Å². The van der Waals surface area contributed by atoms with Crippen LogP contribution in [0.15, 0.2) is 48.5 Å². The van der Waals surface area contributed by atoms with Gasteiger partial charge in [-0.1, -0.05) is 18.5 Å². The molecule has 3 rings (SSSR count). The molecule has 40 heavy (non-hydrogen) atoms. The number of hydrogen-bond donors (Lipinski definition) is 3. The summed E-state index contributed by atoms with van der Waals surface area (Å²) in [5.41, 5.74) is 0.914. The monoisotopic (exact) mass is 572 g/mol. The average Bonchev–Trinajstić information content (AvgIpc) is 2.91. The van der Waals surface area contributed by atoms with Crippen LogP contribution in [0, 0.1) is 5.82 Å². The molecular formula is C31H38ClFN2O5. The molecule has 7 nitrogen and oxygen atoms in total. The van der Waals surface area contributed by atoms with Crippen LogP contribution in [-0.2, 0) is 11.1 Å². The lowest BCUT2D eigenvalue weighted by Crippen LogP contribution is -2.37. The third-order valence-corrected chi connectivity index (χ3v) is 7.03. The van der Waals surface area contributed by atoms with Gasteiger partial charge in [0.15, 0.2) is 17.3 Å². The fourth-order valence-electron chi connectivity index (χ4n) is 4.31. The standard InChI is InChI=1S/C31H38ClFN2O5/c1-7-34-30(3,4)22-16-25(20-8-10-24(33)23(32)14-20)35-29(17-22)31(5,38)13-12-26(37)21-9-11-27(28(15-21)39-6)40-18-19(2)36/h8-11,14-17,19,34,36,38H,7,12-13,18H2,1-6H3/t19-,31?/m0/s1. The molecule has 0 aliphatic heterocycles. The van der Waals surface area contributed by atoms with Crippen molar-refractivity contribution in [2.75, 3.05) is 20.3 Å². The molecule has 3 N–H and O–H groups in total. The van der Waals surface area contributed by atoms with Crippen LogP contribution in [0.4, 0.5) is 4.39 Å². The molecule has 2 atom stereocenters. The molecule has 0 saturated carbocycles. The number of ketones is 1. The summed E-state index contributed by atoms with van der Waals surface area (Å²) in [6, 6.07) is 13.0.